The van der Waals surface area contributed by atoms with Gasteiger partial charge in [0.1, 0.15) is 36.1 Å². The van der Waals surface area contributed by atoms with Gasteiger partial charge in [-0.2, -0.15) is 0 Å². The highest BCUT2D eigenvalue weighted by Crippen LogP contribution is 2.51. The molecule has 0 aromatic rings. The number of fused-ring (bicyclic) bond motifs is 1. The Balaban J connectivity index is 1.85. The van der Waals surface area contributed by atoms with Crippen LogP contribution in [-0.4, -0.2) is 102 Å². The van der Waals surface area contributed by atoms with Crippen LogP contribution in [0.15, 0.2) is 12.3 Å². The predicted molar refractivity (Wildman–Crippen MR) is 83.6 cm³/mol. The number of hydrogen-bond donors (Lipinski definition) is 7. The molecule has 3 aliphatic rings. The van der Waals surface area contributed by atoms with Gasteiger partial charge in [0.25, 0.3) is 0 Å². The van der Waals surface area contributed by atoms with E-state index >= 15 is 0 Å². The van der Waals surface area contributed by atoms with Crippen LogP contribution in [0.1, 0.15) is 6.92 Å². The number of aliphatic hydroxyl groups excluding tert-OH is 5. The van der Waals surface area contributed by atoms with E-state index in [2.05, 4.69) is 0 Å². The largest absolute Gasteiger partial charge is 0.472 e. The van der Waals surface area contributed by atoms with Crippen molar-refractivity contribution in [2.45, 2.75) is 66.6 Å². The first kappa shape index (κ1) is 20.2. The van der Waals surface area contributed by atoms with E-state index in [-0.39, 0.29) is 0 Å². The standard InChI is InChI=1S/C15H23ClO10/c1-14(22)9-13(24-3-2-15(9,23)11(21)10(14)16)26-12-8(20)7(19)6(18)5(4-17)25-12/h2-3,5-13,17-23H,4H2,1H3/t5-,6-,7+,8-,9-,10-,11-,12+,13+,14-,15+/m1/s1. The summed E-state index contributed by atoms with van der Waals surface area (Å²) in [4.78, 5) is 0. The van der Waals surface area contributed by atoms with Crippen molar-refractivity contribution in [1.29, 1.82) is 0 Å². The zero-order valence-corrected chi connectivity index (χ0v) is 14.5. The van der Waals surface area contributed by atoms with Crippen molar-refractivity contribution >= 4 is 11.6 Å². The minimum atomic E-state index is -1.97. The van der Waals surface area contributed by atoms with Crippen LogP contribution in [0.3, 0.4) is 0 Å². The van der Waals surface area contributed by atoms with Crippen molar-refractivity contribution in [3.8, 4) is 0 Å². The number of ether oxygens (including phenoxy) is 3. The monoisotopic (exact) mass is 398 g/mol. The lowest BCUT2D eigenvalue weighted by molar-refractivity contribution is -0.351. The fourth-order valence-corrected chi connectivity index (χ4v) is 4.14. The second kappa shape index (κ2) is 6.82. The lowest BCUT2D eigenvalue weighted by atomic mass is 9.81. The summed E-state index contributed by atoms with van der Waals surface area (Å²) in [6, 6.07) is 0. The Bertz CT molecular complexity index is 557. The van der Waals surface area contributed by atoms with E-state index in [1.165, 1.54) is 6.92 Å². The molecular weight excluding hydrogens is 376 g/mol. The minimum absolute atomic E-state index is 0.649. The molecule has 150 valence electrons. The van der Waals surface area contributed by atoms with Gasteiger partial charge in [-0.3, -0.25) is 0 Å². The van der Waals surface area contributed by atoms with Crippen molar-refractivity contribution in [2.24, 2.45) is 5.92 Å². The topological polar surface area (TPSA) is 169 Å². The molecular formula is C15H23ClO10. The molecule has 0 radical (unpaired) electrons. The van der Waals surface area contributed by atoms with E-state index in [0.29, 0.717) is 0 Å². The van der Waals surface area contributed by atoms with Gasteiger partial charge in [-0.25, -0.2) is 0 Å². The highest BCUT2D eigenvalue weighted by molar-refractivity contribution is 6.22. The third-order valence-electron chi connectivity index (χ3n) is 5.37. The Morgan fingerprint density at radius 3 is 2.35 bits per heavy atom. The van der Waals surface area contributed by atoms with Crippen LogP contribution in [0.5, 0.6) is 0 Å². The second-order valence-corrected chi connectivity index (χ2v) is 7.55. The van der Waals surface area contributed by atoms with Gasteiger partial charge in [-0.05, 0) is 13.0 Å². The van der Waals surface area contributed by atoms with Crippen LogP contribution in [0.25, 0.3) is 0 Å². The molecule has 1 saturated carbocycles. The number of alkyl halides is 1. The van der Waals surface area contributed by atoms with E-state index in [9.17, 15) is 35.7 Å². The van der Waals surface area contributed by atoms with Crippen LogP contribution in [-0.2, 0) is 14.2 Å². The van der Waals surface area contributed by atoms with E-state index in [1.807, 2.05) is 0 Å². The SMILES string of the molecule is C[C@]1(O)[C@H](Cl)[C@@H](O)[C@]2(O)C=CO[C@@H](O[C@@H]3O[C@H](CO)[C@@H](O)[C@H](O)[C@H]3O)[C@H]12. The molecule has 26 heavy (non-hydrogen) atoms. The molecule has 0 aromatic heterocycles. The average Bonchev–Trinajstić information content (AvgIpc) is 2.73. The number of halogens is 1. The van der Waals surface area contributed by atoms with Crippen LogP contribution < -0.4 is 0 Å². The molecule has 2 aliphatic heterocycles. The third kappa shape index (κ3) is 2.85. The Morgan fingerprint density at radius 2 is 1.73 bits per heavy atom. The molecule has 3 rings (SSSR count). The zero-order chi connectivity index (χ0) is 19.4. The lowest BCUT2D eigenvalue weighted by Gasteiger charge is -2.45. The first-order valence-corrected chi connectivity index (χ1v) is 8.55. The highest BCUT2D eigenvalue weighted by atomic mass is 35.5. The summed E-state index contributed by atoms with van der Waals surface area (Å²) >= 11 is 6.05. The van der Waals surface area contributed by atoms with E-state index < -0.39 is 72.2 Å². The molecule has 10 nitrogen and oxygen atoms in total. The predicted octanol–water partition coefficient (Wildman–Crippen LogP) is -3.25. The van der Waals surface area contributed by atoms with Crippen molar-refractivity contribution < 1.29 is 50.0 Å². The maximum atomic E-state index is 10.8. The smallest absolute Gasteiger partial charge is 0.210 e. The van der Waals surface area contributed by atoms with Gasteiger partial charge < -0.3 is 50.0 Å². The van der Waals surface area contributed by atoms with E-state index in [0.717, 1.165) is 12.3 Å². The molecule has 11 atom stereocenters. The molecule has 2 heterocycles. The lowest BCUT2D eigenvalue weighted by Crippen LogP contribution is -2.62. The Labute approximate surface area is 153 Å². The van der Waals surface area contributed by atoms with Gasteiger partial charge in [-0.15, -0.1) is 11.6 Å². The fourth-order valence-electron chi connectivity index (χ4n) is 3.80. The summed E-state index contributed by atoms with van der Waals surface area (Å²) in [6.45, 7) is 0.645. The van der Waals surface area contributed by atoms with Gasteiger partial charge in [-0.1, -0.05) is 0 Å². The molecule has 0 spiro atoms. The number of aliphatic hydroxyl groups is 7. The third-order valence-corrected chi connectivity index (χ3v) is 6.05. The summed E-state index contributed by atoms with van der Waals surface area (Å²) in [6.07, 6.45) is -8.42. The quantitative estimate of drug-likeness (QED) is 0.240. The van der Waals surface area contributed by atoms with Gasteiger partial charge in [0.2, 0.25) is 6.29 Å². The van der Waals surface area contributed by atoms with E-state index in [4.69, 9.17) is 25.8 Å². The minimum Gasteiger partial charge on any atom is -0.472 e. The molecule has 2 fully saturated rings. The zero-order valence-electron chi connectivity index (χ0n) is 13.8. The normalized spacial score (nSPS) is 56.9. The second-order valence-electron chi connectivity index (χ2n) is 7.08. The molecule has 7 N–H and O–H groups in total. The van der Waals surface area contributed by atoms with Crippen LogP contribution in [0.2, 0.25) is 0 Å². The molecule has 0 bridgehead atoms. The summed E-state index contributed by atoms with van der Waals surface area (Å²) in [7, 11) is 0. The maximum absolute atomic E-state index is 10.8. The van der Waals surface area contributed by atoms with Crippen molar-refractivity contribution in [3.63, 3.8) is 0 Å². The first-order chi connectivity index (χ1) is 12.1. The Hall–Kier alpha value is -0.530. The molecule has 1 saturated heterocycles. The first-order valence-electron chi connectivity index (χ1n) is 8.11. The number of rotatable bonds is 3. The molecule has 11 heteroatoms. The molecule has 0 amide bonds. The highest BCUT2D eigenvalue weighted by Gasteiger charge is 2.68. The van der Waals surface area contributed by atoms with Crippen molar-refractivity contribution in [3.05, 3.63) is 12.3 Å². The summed E-state index contributed by atoms with van der Waals surface area (Å²) < 4.78 is 16.0. The van der Waals surface area contributed by atoms with Gasteiger partial charge in [0.15, 0.2) is 6.29 Å². The fraction of sp³-hybridized carbons (Fsp3) is 0.867. The van der Waals surface area contributed by atoms with Crippen LogP contribution in [0.4, 0.5) is 0 Å². The molecule has 0 unspecified atom stereocenters. The number of hydrogen-bond acceptors (Lipinski definition) is 10. The summed E-state index contributed by atoms with van der Waals surface area (Å²) in [5.41, 5.74) is -3.79. The van der Waals surface area contributed by atoms with Crippen LogP contribution in [0, 0.1) is 5.92 Å². The van der Waals surface area contributed by atoms with Crippen LogP contribution >= 0.6 is 11.6 Å². The Kier molecular flexibility index (Phi) is 5.30. The summed E-state index contributed by atoms with van der Waals surface area (Å²) in [5, 5.41) is 69.4. The van der Waals surface area contributed by atoms with Gasteiger partial charge in [0.05, 0.1) is 29.8 Å². The molecule has 0 aromatic carbocycles. The average molecular weight is 399 g/mol. The van der Waals surface area contributed by atoms with Gasteiger partial charge in [0, 0.05) is 0 Å². The van der Waals surface area contributed by atoms with Crippen molar-refractivity contribution in [1.82, 2.24) is 0 Å². The molecule has 1 aliphatic carbocycles. The van der Waals surface area contributed by atoms with E-state index in [1.54, 1.807) is 0 Å². The Morgan fingerprint density at radius 1 is 1.08 bits per heavy atom. The summed E-state index contributed by atoms with van der Waals surface area (Å²) in [5.74, 6) is -1.26. The maximum Gasteiger partial charge on any atom is 0.210 e. The van der Waals surface area contributed by atoms with Crippen molar-refractivity contribution in [2.75, 3.05) is 6.61 Å². The van der Waals surface area contributed by atoms with Gasteiger partial charge >= 0.3 is 0 Å².